The van der Waals surface area contributed by atoms with E-state index in [1.165, 1.54) is 12.3 Å². The van der Waals surface area contributed by atoms with Crippen LogP contribution in [0.2, 0.25) is 0 Å². The van der Waals surface area contributed by atoms with Crippen LogP contribution in [0, 0.1) is 35.4 Å². The maximum Gasteiger partial charge on any atom is 0.358 e. The molecule has 4 amide bonds. The summed E-state index contributed by atoms with van der Waals surface area (Å²) in [7, 11) is 0. The zero-order valence-electron chi connectivity index (χ0n) is 53.8. The predicted molar refractivity (Wildman–Crippen MR) is 378 cm³/mol. The number of carboxylic acids is 1. The minimum absolute atomic E-state index is 0. The monoisotopic (exact) mass is 1550 g/mol. The largest absolute Gasteiger partial charge is 0.489 e. The van der Waals surface area contributed by atoms with E-state index >= 15 is 0 Å². The molecule has 2 aliphatic heterocycles. The molecule has 15 rings (SSSR count). The number of ether oxygens (including phenoxy) is 2. The van der Waals surface area contributed by atoms with E-state index < -0.39 is 29.2 Å². The Balaban J connectivity index is 0.000000273. The van der Waals surface area contributed by atoms with Gasteiger partial charge in [-0.1, -0.05) is 127 Å². The van der Waals surface area contributed by atoms with E-state index in [0.29, 0.717) is 39.9 Å². The second-order valence-electron chi connectivity index (χ2n) is 23.7. The topological polar surface area (TPSA) is 204 Å². The Morgan fingerprint density at radius 1 is 0.574 bits per heavy atom. The van der Waals surface area contributed by atoms with Crippen molar-refractivity contribution >= 4 is 79.2 Å². The molecule has 3 unspecified atom stereocenters. The van der Waals surface area contributed by atoms with E-state index in [9.17, 15) is 41.8 Å². The SMILES string of the molecule is Fc1c[c-]c(-c2ccccn2)c(F)c1.Fc1c[c-]c(-c2ccccn2)c(F)c1.O=C(CCCCC1SCC2NC(=O)NC21)NCCNC(=O)c1cc(COc2cccnc2C(=O)O)cc(OCc2cc(-n3c4ccccc4c4ccccc43)cc(-n3c4ccccc4c4ccccc43)c2)c1.[Ir]. The van der Waals surface area contributed by atoms with Crippen molar-refractivity contribution in [3.63, 3.8) is 0 Å². The molecule has 22 heteroatoms. The second kappa shape index (κ2) is 32.2. The summed E-state index contributed by atoms with van der Waals surface area (Å²) in [5, 5.41) is 26.5. The van der Waals surface area contributed by atoms with E-state index in [0.717, 1.165) is 110 Å². The van der Waals surface area contributed by atoms with E-state index in [4.69, 9.17) is 9.47 Å². The Morgan fingerprint density at radius 3 is 1.62 bits per heavy atom. The maximum absolute atomic E-state index is 13.9. The number of nitrogens with one attached hydrogen (secondary N) is 4. The number of fused-ring (bicyclic) bond motifs is 7. The number of nitrogens with zero attached hydrogens (tertiary/aromatic N) is 5. The van der Waals surface area contributed by atoms with Crippen molar-refractivity contribution in [3.8, 4) is 45.4 Å². The van der Waals surface area contributed by atoms with Crippen LogP contribution in [0.3, 0.4) is 0 Å². The molecule has 2 aliphatic rings. The molecule has 0 aliphatic carbocycles. The number of halogens is 4. The fourth-order valence-corrected chi connectivity index (χ4v) is 14.0. The second-order valence-corrected chi connectivity index (χ2v) is 25.0. The molecule has 1 radical (unpaired) electrons. The third-order valence-corrected chi connectivity index (χ3v) is 18.5. The van der Waals surface area contributed by atoms with Crippen LogP contribution in [-0.4, -0.2) is 89.2 Å². The number of aromatic nitrogens is 5. The van der Waals surface area contributed by atoms with Crippen molar-refractivity contribution in [2.75, 3.05) is 18.8 Å². The molecule has 13 aromatic rings. The van der Waals surface area contributed by atoms with E-state index in [1.807, 2.05) is 11.8 Å². The number of unbranched alkanes of at least 4 members (excludes halogenated alkanes) is 1. The first-order valence-electron chi connectivity index (χ1n) is 32.3. The number of amides is 4. The molecule has 0 bridgehead atoms. The summed E-state index contributed by atoms with van der Waals surface area (Å²) in [6, 6.07) is 67.7. The summed E-state index contributed by atoms with van der Waals surface area (Å²) in [5.41, 5.74) is 8.96. The van der Waals surface area contributed by atoms with Crippen LogP contribution in [0.25, 0.3) is 77.5 Å². The van der Waals surface area contributed by atoms with Crippen molar-refractivity contribution in [2.24, 2.45) is 0 Å². The normalized spacial score (nSPS) is 14.3. The number of carbonyl (C=O) groups excluding carboxylic acids is 3. The zero-order chi connectivity index (χ0) is 69.1. The molecule has 101 heavy (non-hydrogen) atoms. The van der Waals surface area contributed by atoms with E-state index in [-0.39, 0.29) is 98.9 Å². The number of rotatable bonds is 20. The van der Waals surface area contributed by atoms with Gasteiger partial charge in [-0.25, -0.2) is 14.6 Å². The fraction of sp³-hybridized carbons (Fsp3) is 0.152. The van der Waals surface area contributed by atoms with Crippen molar-refractivity contribution in [2.45, 2.75) is 56.2 Å². The standard InChI is InChI=1S/C57H51N7O7S.2C11H6F2N.Ir/c65-52(22-10-9-21-51-53-45(34-72-51)61-57(69)62-53)58-24-25-60-55(66)37-26-35(33-71-50-20-11-23-59-54(50)56(67)68)29-40(30-37)70-32-36-27-38(63-46-16-5-1-12-41(46)42-13-2-6-17-47(42)63)31-39(28-36)64-48-18-7-3-14-43(48)44-15-4-8-19-49(44)64;2*12-8-4-5-9(10(13)7-8)11-3-1-2-6-14-11;/h1-8,11-20,23,26-31,45,51,53H,9-10,21-22,24-25,32-34H2,(H,58,65)(H,60,66)(H,67,68)(H2,61,62,69);2*1-4,6-7H;/q;2*-1;. The van der Waals surface area contributed by atoms with Gasteiger partial charge >= 0.3 is 12.0 Å². The number of pyridine rings is 3. The van der Waals surface area contributed by atoms with Crippen LogP contribution in [-0.2, 0) is 38.1 Å². The van der Waals surface area contributed by atoms with Gasteiger partial charge in [-0.15, -0.1) is 24.3 Å². The summed E-state index contributed by atoms with van der Waals surface area (Å²) < 4.78 is 68.8. The van der Waals surface area contributed by atoms with Crippen LogP contribution >= 0.6 is 11.8 Å². The van der Waals surface area contributed by atoms with Gasteiger partial charge < -0.3 is 54.9 Å². The van der Waals surface area contributed by atoms with Crippen LogP contribution in [0.4, 0.5) is 22.4 Å². The van der Waals surface area contributed by atoms with Crippen molar-refractivity contribution in [3.05, 3.63) is 283 Å². The first-order valence-corrected chi connectivity index (χ1v) is 33.3. The smallest absolute Gasteiger partial charge is 0.358 e. The molecule has 2 saturated heterocycles. The number of thioether (sulfide) groups is 1. The van der Waals surface area contributed by atoms with Crippen LogP contribution < -0.4 is 30.7 Å². The molecular weight excluding hydrogens is 1490 g/mol. The van der Waals surface area contributed by atoms with Crippen LogP contribution in [0.15, 0.2) is 225 Å². The number of hydrogen-bond donors (Lipinski definition) is 5. The van der Waals surface area contributed by atoms with Crippen LogP contribution in [0.1, 0.15) is 57.7 Å². The quantitative estimate of drug-likeness (QED) is 0.0210. The van der Waals surface area contributed by atoms with Crippen LogP contribution in [0.5, 0.6) is 11.5 Å². The average Bonchev–Trinajstić information content (AvgIpc) is 1.59. The first-order chi connectivity index (χ1) is 48.8. The van der Waals surface area contributed by atoms with Crippen molar-refractivity contribution < 1.29 is 71.4 Å². The number of carbonyl (C=O) groups is 4. The van der Waals surface area contributed by atoms with Gasteiger partial charge in [0.1, 0.15) is 19.0 Å². The minimum atomic E-state index is -1.22. The zero-order valence-corrected chi connectivity index (χ0v) is 57.1. The molecule has 3 atom stereocenters. The number of para-hydroxylation sites is 4. The summed E-state index contributed by atoms with van der Waals surface area (Å²) in [4.78, 5) is 62.2. The van der Waals surface area contributed by atoms with E-state index in [1.54, 1.807) is 73.1 Å². The molecule has 5 aromatic heterocycles. The Bertz CT molecular complexity index is 4840. The Labute approximate surface area is 595 Å². The Hall–Kier alpha value is -11.2. The number of carboxylic acid groups (broad SMARTS) is 1. The van der Waals surface area contributed by atoms with E-state index in [2.05, 4.69) is 173 Å². The van der Waals surface area contributed by atoms with Gasteiger partial charge in [0.05, 0.1) is 34.2 Å². The Kier molecular flexibility index (Phi) is 22.2. The molecule has 0 saturated carbocycles. The van der Waals surface area contributed by atoms with Gasteiger partial charge in [0.25, 0.3) is 5.91 Å². The summed E-state index contributed by atoms with van der Waals surface area (Å²) >= 11 is 1.86. The molecule has 2 fully saturated rings. The third kappa shape index (κ3) is 16.3. The summed E-state index contributed by atoms with van der Waals surface area (Å²) in [6.07, 6.45) is 7.38. The molecule has 5 N–H and O–H groups in total. The molecule has 511 valence electrons. The van der Waals surface area contributed by atoms with Crippen molar-refractivity contribution in [1.29, 1.82) is 0 Å². The summed E-state index contributed by atoms with van der Waals surface area (Å²) in [6.45, 7) is 0.487. The van der Waals surface area contributed by atoms with Gasteiger partial charge in [0.15, 0.2) is 11.4 Å². The number of benzene rings is 8. The van der Waals surface area contributed by atoms with Gasteiger partial charge in [-0.3, -0.25) is 27.2 Å². The number of hydrogen-bond acceptors (Lipinski definition) is 10. The van der Waals surface area contributed by atoms with Crippen molar-refractivity contribution in [1.82, 2.24) is 45.4 Å². The molecule has 16 nitrogen and oxygen atoms in total. The molecule has 7 heterocycles. The Morgan fingerprint density at radius 2 is 1.09 bits per heavy atom. The fourth-order valence-electron chi connectivity index (χ4n) is 12.5. The maximum atomic E-state index is 13.9. The molecular formula is C79H63F4IrN9O7S-2. The third-order valence-electron chi connectivity index (χ3n) is 17.0. The molecule has 8 aromatic carbocycles. The minimum Gasteiger partial charge on any atom is -0.489 e. The average molecular weight is 1550 g/mol. The predicted octanol–water partition coefficient (Wildman–Crippen LogP) is 15.4. The first kappa shape index (κ1) is 69.7. The van der Waals surface area contributed by atoms with Gasteiger partial charge in [-0.2, -0.15) is 11.8 Å². The molecule has 0 spiro atoms. The summed E-state index contributed by atoms with van der Waals surface area (Å²) in [5.74, 6) is -2.88. The number of aromatic carboxylic acids is 1. The van der Waals surface area contributed by atoms with Gasteiger partial charge in [0.2, 0.25) is 5.91 Å². The van der Waals surface area contributed by atoms with Gasteiger partial charge in [-0.05, 0) is 120 Å². The van der Waals surface area contributed by atoms with Gasteiger partial charge in [0, 0.05) is 131 Å². The number of urea groups is 1.